The molecule has 0 bridgehead atoms. The molecule has 0 aliphatic carbocycles. The second-order valence-electron chi connectivity index (χ2n) is 3.91. The Bertz CT molecular complexity index is 779. The summed E-state index contributed by atoms with van der Waals surface area (Å²) >= 11 is 0. The SMILES string of the molecule is COS(=O)(=O)c1ccc2cc(S(=O)(=O)OC)ccc2c1. The van der Waals surface area contributed by atoms with Crippen molar-refractivity contribution in [2.75, 3.05) is 14.2 Å². The monoisotopic (exact) mass is 316 g/mol. The van der Waals surface area contributed by atoms with E-state index in [0.717, 1.165) is 14.2 Å². The maximum atomic E-state index is 11.6. The zero-order valence-corrected chi connectivity index (χ0v) is 12.4. The van der Waals surface area contributed by atoms with Crippen molar-refractivity contribution in [1.82, 2.24) is 0 Å². The second-order valence-corrected chi connectivity index (χ2v) is 7.34. The maximum Gasteiger partial charge on any atom is 0.296 e. The van der Waals surface area contributed by atoms with Gasteiger partial charge in [0.1, 0.15) is 0 Å². The predicted octanol–water partition coefficient (Wildman–Crippen LogP) is 1.51. The molecule has 0 N–H and O–H groups in total. The van der Waals surface area contributed by atoms with Crippen molar-refractivity contribution in [2.45, 2.75) is 9.79 Å². The van der Waals surface area contributed by atoms with Crippen molar-refractivity contribution in [3.63, 3.8) is 0 Å². The summed E-state index contributed by atoms with van der Waals surface area (Å²) in [6.07, 6.45) is 0. The maximum absolute atomic E-state index is 11.6. The minimum Gasteiger partial charge on any atom is -0.270 e. The van der Waals surface area contributed by atoms with E-state index in [-0.39, 0.29) is 9.79 Å². The predicted molar refractivity (Wildman–Crippen MR) is 72.3 cm³/mol. The Balaban J connectivity index is 2.62. The summed E-state index contributed by atoms with van der Waals surface area (Å²) in [4.78, 5) is 0.0182. The van der Waals surface area contributed by atoms with Crippen LogP contribution < -0.4 is 0 Å². The fourth-order valence-corrected chi connectivity index (χ4v) is 3.10. The van der Waals surface area contributed by atoms with E-state index < -0.39 is 20.2 Å². The summed E-state index contributed by atoms with van der Waals surface area (Å²) in [5, 5.41) is 1.16. The summed E-state index contributed by atoms with van der Waals surface area (Å²) in [5.41, 5.74) is 0. The molecule has 0 radical (unpaired) electrons. The number of rotatable bonds is 4. The van der Waals surface area contributed by atoms with Gasteiger partial charge in [0.05, 0.1) is 24.0 Å². The number of hydrogen-bond donors (Lipinski definition) is 0. The zero-order chi connectivity index (χ0) is 15.0. The Kier molecular flexibility index (Phi) is 3.83. The van der Waals surface area contributed by atoms with Crippen LogP contribution in [0.1, 0.15) is 0 Å². The highest BCUT2D eigenvalue weighted by Crippen LogP contribution is 2.23. The molecular weight excluding hydrogens is 304 g/mol. The Labute approximate surface area is 117 Å². The molecule has 20 heavy (non-hydrogen) atoms. The molecule has 2 rings (SSSR count). The third kappa shape index (κ3) is 2.68. The van der Waals surface area contributed by atoms with Crippen LogP contribution in [-0.2, 0) is 28.6 Å². The Hall–Kier alpha value is -1.48. The van der Waals surface area contributed by atoms with Gasteiger partial charge in [-0.3, -0.25) is 8.37 Å². The highest BCUT2D eigenvalue weighted by Gasteiger charge is 2.16. The van der Waals surface area contributed by atoms with Crippen LogP contribution in [0, 0.1) is 0 Å². The van der Waals surface area contributed by atoms with Crippen LogP contribution in [0.25, 0.3) is 10.8 Å². The van der Waals surface area contributed by atoms with E-state index in [4.69, 9.17) is 0 Å². The van der Waals surface area contributed by atoms with Gasteiger partial charge in [-0.15, -0.1) is 0 Å². The smallest absolute Gasteiger partial charge is 0.270 e. The lowest BCUT2D eigenvalue weighted by molar-refractivity contribution is 0.396. The minimum absolute atomic E-state index is 0.00912. The summed E-state index contributed by atoms with van der Waals surface area (Å²) in [7, 11) is -5.40. The normalized spacial score (nSPS) is 12.7. The largest absolute Gasteiger partial charge is 0.296 e. The van der Waals surface area contributed by atoms with Gasteiger partial charge in [0.15, 0.2) is 0 Å². The molecule has 108 valence electrons. The summed E-state index contributed by atoms with van der Waals surface area (Å²) in [6, 6.07) is 8.55. The second kappa shape index (κ2) is 5.13. The van der Waals surface area contributed by atoms with Gasteiger partial charge in [0.2, 0.25) is 0 Å². The van der Waals surface area contributed by atoms with E-state index in [0.29, 0.717) is 10.8 Å². The van der Waals surface area contributed by atoms with Crippen LogP contribution in [0.2, 0.25) is 0 Å². The standard InChI is InChI=1S/C12H12O6S2/c1-17-19(13,14)11-5-3-10-8-12(20(15,16)18-2)6-4-9(10)7-11/h3-8H,1-2H3. The van der Waals surface area contributed by atoms with Crippen LogP contribution in [0.15, 0.2) is 46.2 Å². The molecule has 0 aromatic heterocycles. The summed E-state index contributed by atoms with van der Waals surface area (Å²) < 4.78 is 55.2. The average Bonchev–Trinajstić information content (AvgIpc) is 2.46. The average molecular weight is 316 g/mol. The fourth-order valence-electron chi connectivity index (χ4n) is 1.71. The number of benzene rings is 2. The van der Waals surface area contributed by atoms with Crippen molar-refractivity contribution >= 4 is 31.0 Å². The van der Waals surface area contributed by atoms with Gasteiger partial charge in [-0.05, 0) is 35.0 Å². The third-order valence-corrected chi connectivity index (χ3v) is 5.34. The summed E-state index contributed by atoms with van der Waals surface area (Å²) in [6.45, 7) is 0. The lowest BCUT2D eigenvalue weighted by Crippen LogP contribution is -2.03. The van der Waals surface area contributed by atoms with Gasteiger partial charge in [0, 0.05) is 0 Å². The lowest BCUT2D eigenvalue weighted by atomic mass is 10.1. The van der Waals surface area contributed by atoms with Crippen LogP contribution in [0.4, 0.5) is 0 Å². The van der Waals surface area contributed by atoms with Gasteiger partial charge in [-0.1, -0.05) is 12.1 Å². The Morgan fingerprint density at radius 2 is 1.05 bits per heavy atom. The van der Waals surface area contributed by atoms with E-state index >= 15 is 0 Å². The van der Waals surface area contributed by atoms with E-state index in [1.807, 2.05) is 0 Å². The molecule has 0 heterocycles. The Morgan fingerprint density at radius 1 is 0.700 bits per heavy atom. The van der Waals surface area contributed by atoms with Crippen molar-refractivity contribution in [3.8, 4) is 0 Å². The first-order chi connectivity index (χ1) is 9.30. The molecule has 0 aliphatic rings. The molecule has 0 saturated carbocycles. The van der Waals surface area contributed by atoms with Gasteiger partial charge < -0.3 is 0 Å². The van der Waals surface area contributed by atoms with Crippen molar-refractivity contribution in [2.24, 2.45) is 0 Å². The molecule has 0 unspecified atom stereocenters. The topological polar surface area (TPSA) is 86.7 Å². The molecule has 0 aliphatic heterocycles. The first-order valence-corrected chi connectivity index (χ1v) is 8.27. The molecule has 2 aromatic rings. The van der Waals surface area contributed by atoms with Gasteiger partial charge in [-0.2, -0.15) is 16.8 Å². The minimum atomic E-state index is -3.78. The molecule has 6 nitrogen and oxygen atoms in total. The van der Waals surface area contributed by atoms with E-state index in [1.165, 1.54) is 36.4 Å². The molecule has 0 amide bonds. The molecule has 8 heteroatoms. The fraction of sp³-hybridized carbons (Fsp3) is 0.167. The molecule has 0 spiro atoms. The number of fused-ring (bicyclic) bond motifs is 1. The van der Waals surface area contributed by atoms with Gasteiger partial charge in [0.25, 0.3) is 20.2 Å². The molecule has 0 atom stereocenters. The molecular formula is C12H12O6S2. The van der Waals surface area contributed by atoms with Crippen LogP contribution >= 0.6 is 0 Å². The molecule has 2 aromatic carbocycles. The highest BCUT2D eigenvalue weighted by molar-refractivity contribution is 7.87. The van der Waals surface area contributed by atoms with E-state index in [2.05, 4.69) is 8.37 Å². The van der Waals surface area contributed by atoms with Gasteiger partial charge >= 0.3 is 0 Å². The summed E-state index contributed by atoms with van der Waals surface area (Å²) in [5.74, 6) is 0. The Morgan fingerprint density at radius 3 is 1.35 bits per heavy atom. The highest BCUT2D eigenvalue weighted by atomic mass is 32.2. The van der Waals surface area contributed by atoms with Gasteiger partial charge in [-0.25, -0.2) is 0 Å². The lowest BCUT2D eigenvalue weighted by Gasteiger charge is -2.06. The first-order valence-electron chi connectivity index (χ1n) is 5.45. The van der Waals surface area contributed by atoms with Crippen molar-refractivity contribution in [3.05, 3.63) is 36.4 Å². The molecule has 0 saturated heterocycles. The zero-order valence-electron chi connectivity index (χ0n) is 10.7. The van der Waals surface area contributed by atoms with Crippen molar-refractivity contribution < 1.29 is 25.2 Å². The van der Waals surface area contributed by atoms with E-state index in [9.17, 15) is 16.8 Å². The van der Waals surface area contributed by atoms with E-state index in [1.54, 1.807) is 0 Å². The van der Waals surface area contributed by atoms with Crippen molar-refractivity contribution in [1.29, 1.82) is 0 Å². The molecule has 0 fully saturated rings. The quantitative estimate of drug-likeness (QED) is 0.795. The number of hydrogen-bond acceptors (Lipinski definition) is 6. The van der Waals surface area contributed by atoms with Crippen LogP contribution in [0.3, 0.4) is 0 Å². The third-order valence-electron chi connectivity index (χ3n) is 2.80. The van der Waals surface area contributed by atoms with Crippen LogP contribution in [0.5, 0.6) is 0 Å². The van der Waals surface area contributed by atoms with Crippen LogP contribution in [-0.4, -0.2) is 31.1 Å². The first kappa shape index (κ1) is 14.9.